The van der Waals surface area contributed by atoms with Crippen LogP contribution in [0.3, 0.4) is 0 Å². The summed E-state index contributed by atoms with van der Waals surface area (Å²) in [4.78, 5) is 12.8. The Bertz CT molecular complexity index is 1100. The fraction of sp³-hybridized carbons (Fsp3) is 0.0741. The number of aromatic hydroxyl groups is 2. The van der Waals surface area contributed by atoms with E-state index in [0.717, 1.165) is 16.7 Å². The molecule has 3 nitrogen and oxygen atoms in total. The molecule has 4 rings (SSSR count). The molecule has 0 bridgehead atoms. The maximum Gasteiger partial charge on any atom is 0.193 e. The second-order valence-corrected chi connectivity index (χ2v) is 7.49. The highest BCUT2D eigenvalue weighted by Crippen LogP contribution is 2.40. The Morgan fingerprint density at radius 2 is 0.933 bits per heavy atom. The molecule has 0 aromatic heterocycles. The highest BCUT2D eigenvalue weighted by molar-refractivity contribution is 6.08. The highest BCUT2D eigenvalue weighted by Gasteiger charge is 2.31. The van der Waals surface area contributed by atoms with Crippen molar-refractivity contribution in [2.24, 2.45) is 0 Å². The van der Waals surface area contributed by atoms with E-state index in [-0.39, 0.29) is 17.3 Å². The summed E-state index contributed by atoms with van der Waals surface area (Å²) in [5.74, 6) is 0.393. The lowest BCUT2D eigenvalue weighted by atomic mass is 9.71. The first-order valence-corrected chi connectivity index (χ1v) is 9.78. The predicted molar refractivity (Wildman–Crippen MR) is 118 cm³/mol. The van der Waals surface area contributed by atoms with E-state index in [1.54, 1.807) is 24.3 Å². The third-order valence-corrected chi connectivity index (χ3v) is 5.65. The maximum absolute atomic E-state index is 12.8. The Morgan fingerprint density at radius 3 is 1.37 bits per heavy atom. The second-order valence-electron chi connectivity index (χ2n) is 7.49. The van der Waals surface area contributed by atoms with Crippen LogP contribution in [-0.2, 0) is 5.41 Å². The van der Waals surface area contributed by atoms with Crippen LogP contribution < -0.4 is 0 Å². The lowest BCUT2D eigenvalue weighted by molar-refractivity contribution is 0.103. The molecule has 0 saturated heterocycles. The van der Waals surface area contributed by atoms with E-state index in [9.17, 15) is 15.0 Å². The molecule has 4 aromatic rings. The Morgan fingerprint density at radius 1 is 0.567 bits per heavy atom. The molecule has 4 aromatic carbocycles. The van der Waals surface area contributed by atoms with E-state index >= 15 is 0 Å². The molecule has 0 fully saturated rings. The van der Waals surface area contributed by atoms with Gasteiger partial charge in [0, 0.05) is 16.5 Å². The summed E-state index contributed by atoms with van der Waals surface area (Å²) in [6, 6.07) is 31.1. The number of ketones is 1. The SMILES string of the molecule is CC(c1ccc(O)cc1)(c1ccc(O)cc1)c1ccc(C(=O)c2ccccc2)cc1. The van der Waals surface area contributed by atoms with Gasteiger partial charge in [0.15, 0.2) is 5.78 Å². The first-order chi connectivity index (χ1) is 14.5. The Hall–Kier alpha value is -3.85. The van der Waals surface area contributed by atoms with Crippen molar-refractivity contribution in [1.82, 2.24) is 0 Å². The van der Waals surface area contributed by atoms with Gasteiger partial charge in [0.05, 0.1) is 0 Å². The van der Waals surface area contributed by atoms with E-state index in [2.05, 4.69) is 6.92 Å². The van der Waals surface area contributed by atoms with Gasteiger partial charge < -0.3 is 10.2 Å². The number of carbonyl (C=O) groups is 1. The van der Waals surface area contributed by atoms with Gasteiger partial charge in [0.25, 0.3) is 0 Å². The topological polar surface area (TPSA) is 57.5 Å². The molecule has 0 radical (unpaired) electrons. The van der Waals surface area contributed by atoms with E-state index < -0.39 is 5.41 Å². The van der Waals surface area contributed by atoms with Gasteiger partial charge in [0.2, 0.25) is 0 Å². The zero-order chi connectivity index (χ0) is 21.1. The largest absolute Gasteiger partial charge is 0.508 e. The third kappa shape index (κ3) is 3.58. The molecule has 30 heavy (non-hydrogen) atoms. The minimum absolute atomic E-state index is 0.0156. The van der Waals surface area contributed by atoms with Crippen molar-refractivity contribution in [1.29, 1.82) is 0 Å². The number of hydrogen-bond donors (Lipinski definition) is 2. The number of benzene rings is 4. The zero-order valence-electron chi connectivity index (χ0n) is 16.6. The van der Waals surface area contributed by atoms with Crippen molar-refractivity contribution in [3.05, 3.63) is 131 Å². The fourth-order valence-corrected chi connectivity index (χ4v) is 3.80. The van der Waals surface area contributed by atoms with Crippen LogP contribution in [0.25, 0.3) is 0 Å². The van der Waals surface area contributed by atoms with Gasteiger partial charge in [-0.15, -0.1) is 0 Å². The summed E-state index contributed by atoms with van der Waals surface area (Å²) in [5, 5.41) is 19.5. The molecule has 0 unspecified atom stereocenters. The standard InChI is InChI=1S/C27H22O3/c1-27(22-11-15-24(28)16-12-22,23-13-17-25(29)18-14-23)21-9-7-20(8-10-21)26(30)19-5-3-2-4-6-19/h2-18,28-29H,1H3. The number of phenolic OH excluding ortho intramolecular Hbond substituents is 2. The van der Waals surface area contributed by atoms with E-state index in [1.165, 1.54) is 0 Å². The highest BCUT2D eigenvalue weighted by atomic mass is 16.3. The van der Waals surface area contributed by atoms with Crippen molar-refractivity contribution in [3.63, 3.8) is 0 Å². The maximum atomic E-state index is 12.8. The quantitative estimate of drug-likeness (QED) is 0.338. The van der Waals surface area contributed by atoms with Crippen molar-refractivity contribution < 1.29 is 15.0 Å². The van der Waals surface area contributed by atoms with Crippen molar-refractivity contribution in [3.8, 4) is 11.5 Å². The van der Waals surface area contributed by atoms with E-state index in [4.69, 9.17) is 0 Å². The van der Waals surface area contributed by atoms with Crippen LogP contribution in [0.5, 0.6) is 11.5 Å². The number of hydrogen-bond acceptors (Lipinski definition) is 3. The summed E-state index contributed by atoms with van der Waals surface area (Å²) in [7, 11) is 0. The summed E-state index contributed by atoms with van der Waals surface area (Å²) in [6.45, 7) is 2.10. The summed E-state index contributed by atoms with van der Waals surface area (Å²) >= 11 is 0. The van der Waals surface area contributed by atoms with Crippen LogP contribution in [0.4, 0.5) is 0 Å². The van der Waals surface area contributed by atoms with Crippen LogP contribution in [0.1, 0.15) is 39.5 Å². The normalized spacial score (nSPS) is 11.2. The Balaban J connectivity index is 1.78. The average molecular weight is 394 g/mol. The minimum atomic E-state index is -0.532. The molecule has 0 aliphatic carbocycles. The van der Waals surface area contributed by atoms with Gasteiger partial charge >= 0.3 is 0 Å². The lowest BCUT2D eigenvalue weighted by Gasteiger charge is -2.32. The summed E-state index contributed by atoms with van der Waals surface area (Å²) in [5.41, 5.74) is 3.74. The minimum Gasteiger partial charge on any atom is -0.508 e. The van der Waals surface area contributed by atoms with Crippen LogP contribution >= 0.6 is 0 Å². The number of phenols is 2. The van der Waals surface area contributed by atoms with Crippen LogP contribution in [0.2, 0.25) is 0 Å². The van der Waals surface area contributed by atoms with Gasteiger partial charge in [-0.1, -0.05) is 78.9 Å². The molecular formula is C27H22O3. The van der Waals surface area contributed by atoms with Crippen molar-refractivity contribution >= 4 is 5.78 Å². The van der Waals surface area contributed by atoms with Crippen molar-refractivity contribution in [2.75, 3.05) is 0 Å². The van der Waals surface area contributed by atoms with Crippen LogP contribution in [0, 0.1) is 0 Å². The molecule has 0 aliphatic heterocycles. The van der Waals surface area contributed by atoms with Gasteiger partial charge in [0.1, 0.15) is 11.5 Å². The summed E-state index contributed by atoms with van der Waals surface area (Å²) < 4.78 is 0. The first-order valence-electron chi connectivity index (χ1n) is 9.78. The van der Waals surface area contributed by atoms with E-state index in [1.807, 2.05) is 78.9 Å². The first kappa shape index (κ1) is 19.5. The molecule has 0 heterocycles. The van der Waals surface area contributed by atoms with Gasteiger partial charge in [-0.05, 0) is 47.9 Å². The smallest absolute Gasteiger partial charge is 0.193 e. The average Bonchev–Trinajstić information content (AvgIpc) is 2.80. The van der Waals surface area contributed by atoms with Gasteiger partial charge in [-0.2, -0.15) is 0 Å². The molecule has 0 aliphatic rings. The van der Waals surface area contributed by atoms with Gasteiger partial charge in [-0.25, -0.2) is 0 Å². The molecular weight excluding hydrogens is 372 g/mol. The second kappa shape index (κ2) is 7.88. The molecule has 0 amide bonds. The van der Waals surface area contributed by atoms with Crippen LogP contribution in [-0.4, -0.2) is 16.0 Å². The molecule has 0 saturated carbocycles. The number of rotatable bonds is 5. The Labute approximate surface area is 175 Å². The third-order valence-electron chi connectivity index (χ3n) is 5.65. The van der Waals surface area contributed by atoms with Gasteiger partial charge in [-0.3, -0.25) is 4.79 Å². The lowest BCUT2D eigenvalue weighted by Crippen LogP contribution is -2.25. The molecule has 0 spiro atoms. The molecule has 0 atom stereocenters. The van der Waals surface area contributed by atoms with E-state index in [0.29, 0.717) is 11.1 Å². The molecule has 3 heteroatoms. The predicted octanol–water partition coefficient (Wildman–Crippen LogP) is 5.68. The Kier molecular flexibility index (Phi) is 5.11. The fourth-order valence-electron chi connectivity index (χ4n) is 3.80. The summed E-state index contributed by atoms with van der Waals surface area (Å²) in [6.07, 6.45) is 0. The zero-order valence-corrected chi connectivity index (χ0v) is 16.6. The molecule has 148 valence electrons. The van der Waals surface area contributed by atoms with Crippen LogP contribution in [0.15, 0.2) is 103 Å². The monoisotopic (exact) mass is 394 g/mol. The molecule has 2 N–H and O–H groups in total. The number of carbonyl (C=O) groups excluding carboxylic acids is 1. The van der Waals surface area contributed by atoms with Crippen molar-refractivity contribution in [2.45, 2.75) is 12.3 Å².